The molecule has 0 amide bonds. The van der Waals surface area contributed by atoms with Crippen LogP contribution >= 0.6 is 0 Å². The van der Waals surface area contributed by atoms with Gasteiger partial charge in [0.15, 0.2) is 5.65 Å². The molecule has 0 aliphatic carbocycles. The number of hydrogen-bond donors (Lipinski definition) is 1. The molecule has 0 aliphatic rings. The molecule has 1 aromatic carbocycles. The van der Waals surface area contributed by atoms with Crippen LogP contribution in [-0.4, -0.2) is 14.6 Å². The molecule has 0 saturated carbocycles. The van der Waals surface area contributed by atoms with E-state index >= 15 is 0 Å². The number of halogens is 1. The van der Waals surface area contributed by atoms with Crippen LogP contribution < -0.4 is 5.56 Å². The second-order valence-electron chi connectivity index (χ2n) is 4.37. The van der Waals surface area contributed by atoms with Crippen LogP contribution in [0.1, 0.15) is 11.3 Å². The highest BCUT2D eigenvalue weighted by Gasteiger charge is 2.03. The van der Waals surface area contributed by atoms with Gasteiger partial charge in [-0.1, -0.05) is 12.1 Å². The molecule has 4 nitrogen and oxygen atoms in total. The van der Waals surface area contributed by atoms with E-state index in [1.807, 2.05) is 0 Å². The van der Waals surface area contributed by atoms with Gasteiger partial charge in [0.2, 0.25) is 0 Å². The third-order valence-electron chi connectivity index (χ3n) is 3.02. The largest absolute Gasteiger partial charge is 0.297 e. The minimum Gasteiger partial charge on any atom is -0.297 e. The Morgan fingerprint density at radius 1 is 1.16 bits per heavy atom. The van der Waals surface area contributed by atoms with Crippen LogP contribution in [0.3, 0.4) is 0 Å². The lowest BCUT2D eigenvalue weighted by atomic mass is 10.1. The summed E-state index contributed by atoms with van der Waals surface area (Å²) < 4.78 is 14.2. The second-order valence-corrected chi connectivity index (χ2v) is 4.37. The molecule has 3 rings (SSSR count). The Balaban J connectivity index is 1.81. The molecule has 3 aromatic rings. The number of aromatic amines is 1. The van der Waals surface area contributed by atoms with Crippen molar-refractivity contribution in [1.82, 2.24) is 14.6 Å². The number of nitrogens with one attached hydrogen (secondary N) is 1. The maximum atomic E-state index is 12.8. The number of fused-ring (bicyclic) bond motifs is 1. The van der Waals surface area contributed by atoms with Gasteiger partial charge in [-0.2, -0.15) is 0 Å². The molecule has 19 heavy (non-hydrogen) atoms. The van der Waals surface area contributed by atoms with Crippen LogP contribution in [0.4, 0.5) is 4.39 Å². The summed E-state index contributed by atoms with van der Waals surface area (Å²) in [5.41, 5.74) is 2.26. The van der Waals surface area contributed by atoms with Gasteiger partial charge in [-0.25, -0.2) is 13.9 Å². The molecule has 0 radical (unpaired) electrons. The van der Waals surface area contributed by atoms with Crippen LogP contribution in [-0.2, 0) is 12.8 Å². The zero-order valence-corrected chi connectivity index (χ0v) is 10.1. The molecule has 0 fully saturated rings. The number of aromatic nitrogens is 3. The summed E-state index contributed by atoms with van der Waals surface area (Å²) in [6.07, 6.45) is 3.06. The van der Waals surface area contributed by atoms with Gasteiger partial charge in [-0.15, -0.1) is 0 Å². The van der Waals surface area contributed by atoms with E-state index in [4.69, 9.17) is 0 Å². The molecule has 2 heterocycles. The van der Waals surface area contributed by atoms with Crippen molar-refractivity contribution in [2.75, 3.05) is 0 Å². The van der Waals surface area contributed by atoms with Crippen LogP contribution in [0.5, 0.6) is 0 Å². The fourth-order valence-corrected chi connectivity index (χ4v) is 2.03. The van der Waals surface area contributed by atoms with E-state index in [9.17, 15) is 9.18 Å². The van der Waals surface area contributed by atoms with Crippen molar-refractivity contribution in [2.24, 2.45) is 0 Å². The monoisotopic (exact) mass is 257 g/mol. The van der Waals surface area contributed by atoms with Crippen molar-refractivity contribution in [3.05, 3.63) is 70.0 Å². The highest BCUT2D eigenvalue weighted by Crippen LogP contribution is 2.07. The quantitative estimate of drug-likeness (QED) is 0.779. The zero-order chi connectivity index (χ0) is 13.2. The first-order valence-electron chi connectivity index (χ1n) is 6.03. The first-order valence-corrected chi connectivity index (χ1v) is 6.03. The molecule has 0 aliphatic heterocycles. The summed E-state index contributed by atoms with van der Waals surface area (Å²) in [5.74, 6) is -0.242. The molecule has 0 unspecified atom stereocenters. The van der Waals surface area contributed by atoms with E-state index in [2.05, 4.69) is 10.1 Å². The van der Waals surface area contributed by atoms with Gasteiger partial charge in [-0.05, 0) is 30.5 Å². The topological polar surface area (TPSA) is 50.2 Å². The van der Waals surface area contributed by atoms with Crippen molar-refractivity contribution >= 4 is 5.65 Å². The Morgan fingerprint density at radius 3 is 2.74 bits per heavy atom. The van der Waals surface area contributed by atoms with Crippen LogP contribution in [0.2, 0.25) is 0 Å². The number of aryl methyl sites for hydroxylation is 2. The predicted molar refractivity (Wildman–Crippen MR) is 69.6 cm³/mol. The molecular formula is C14H12FN3O. The molecule has 2 aromatic heterocycles. The molecule has 5 heteroatoms. The van der Waals surface area contributed by atoms with E-state index < -0.39 is 0 Å². The summed E-state index contributed by atoms with van der Waals surface area (Å²) in [5, 5.41) is 2.80. The highest BCUT2D eigenvalue weighted by molar-refractivity contribution is 5.36. The standard InChI is InChI=1S/C14H12FN3O/c15-11-4-1-10(2-5-11)3-6-12-9-14(19)18-13(17-12)7-8-16-18/h1-2,4-5,7-9,16H,3,6H2. The molecule has 0 spiro atoms. The van der Waals surface area contributed by atoms with E-state index in [1.165, 1.54) is 22.7 Å². The normalized spacial score (nSPS) is 11.0. The first kappa shape index (κ1) is 11.6. The molecule has 1 N–H and O–H groups in total. The van der Waals surface area contributed by atoms with Crippen molar-refractivity contribution in [2.45, 2.75) is 12.8 Å². The maximum Gasteiger partial charge on any atom is 0.272 e. The SMILES string of the molecule is O=c1cc(CCc2ccc(F)cc2)nc2cc[nH]n12. The zero-order valence-electron chi connectivity index (χ0n) is 10.1. The third kappa shape index (κ3) is 2.40. The number of rotatable bonds is 3. The van der Waals surface area contributed by atoms with E-state index in [0.717, 1.165) is 17.7 Å². The van der Waals surface area contributed by atoms with Gasteiger partial charge in [-0.3, -0.25) is 9.89 Å². The summed E-state index contributed by atoms with van der Waals surface area (Å²) in [6, 6.07) is 9.64. The summed E-state index contributed by atoms with van der Waals surface area (Å²) >= 11 is 0. The highest BCUT2D eigenvalue weighted by atomic mass is 19.1. The Labute approximate surface area is 108 Å². The Kier molecular flexibility index (Phi) is 2.87. The van der Waals surface area contributed by atoms with Crippen molar-refractivity contribution in [1.29, 1.82) is 0 Å². The van der Waals surface area contributed by atoms with Crippen molar-refractivity contribution < 1.29 is 4.39 Å². The van der Waals surface area contributed by atoms with Gasteiger partial charge in [0.05, 0.1) is 0 Å². The first-order chi connectivity index (χ1) is 9.22. The molecular weight excluding hydrogens is 245 g/mol. The maximum absolute atomic E-state index is 12.8. The number of H-pyrrole nitrogens is 1. The van der Waals surface area contributed by atoms with Gasteiger partial charge < -0.3 is 0 Å². The average molecular weight is 257 g/mol. The summed E-state index contributed by atoms with van der Waals surface area (Å²) in [4.78, 5) is 16.1. The number of hydrogen-bond acceptors (Lipinski definition) is 2. The summed E-state index contributed by atoms with van der Waals surface area (Å²) in [6.45, 7) is 0. The smallest absolute Gasteiger partial charge is 0.272 e. The Morgan fingerprint density at radius 2 is 1.95 bits per heavy atom. The van der Waals surface area contributed by atoms with Crippen LogP contribution in [0.25, 0.3) is 5.65 Å². The van der Waals surface area contributed by atoms with Crippen LogP contribution in [0, 0.1) is 5.82 Å². The minimum absolute atomic E-state index is 0.121. The van der Waals surface area contributed by atoms with Crippen LogP contribution in [0.15, 0.2) is 47.4 Å². The van der Waals surface area contributed by atoms with Gasteiger partial charge in [0, 0.05) is 24.0 Å². The lowest BCUT2D eigenvalue weighted by Crippen LogP contribution is -2.15. The minimum atomic E-state index is -0.242. The van der Waals surface area contributed by atoms with Gasteiger partial charge >= 0.3 is 0 Å². The number of benzene rings is 1. The Bertz CT molecular complexity index is 758. The summed E-state index contributed by atoms with van der Waals surface area (Å²) in [7, 11) is 0. The van der Waals surface area contributed by atoms with E-state index in [0.29, 0.717) is 12.1 Å². The van der Waals surface area contributed by atoms with Crippen molar-refractivity contribution in [3.8, 4) is 0 Å². The molecule has 96 valence electrons. The second kappa shape index (κ2) is 4.68. The number of nitrogens with zero attached hydrogens (tertiary/aromatic N) is 2. The predicted octanol–water partition coefficient (Wildman–Crippen LogP) is 1.95. The van der Waals surface area contributed by atoms with E-state index in [1.54, 1.807) is 24.4 Å². The lowest BCUT2D eigenvalue weighted by Gasteiger charge is -2.02. The molecule has 0 bridgehead atoms. The van der Waals surface area contributed by atoms with Gasteiger partial charge in [0.1, 0.15) is 5.82 Å². The lowest BCUT2D eigenvalue weighted by molar-refractivity contribution is 0.627. The van der Waals surface area contributed by atoms with Crippen molar-refractivity contribution in [3.63, 3.8) is 0 Å². The fourth-order valence-electron chi connectivity index (χ4n) is 2.03. The third-order valence-corrected chi connectivity index (χ3v) is 3.02. The Hall–Kier alpha value is -2.43. The average Bonchev–Trinajstić information content (AvgIpc) is 2.87. The fraction of sp³-hybridized carbons (Fsp3) is 0.143. The molecule has 0 saturated heterocycles. The van der Waals surface area contributed by atoms with Gasteiger partial charge in [0.25, 0.3) is 5.56 Å². The molecule has 0 atom stereocenters. The van der Waals surface area contributed by atoms with E-state index in [-0.39, 0.29) is 11.4 Å².